The number of nitrogens with zero attached hydrogens (tertiary/aromatic N) is 2. The summed E-state index contributed by atoms with van der Waals surface area (Å²) in [5.74, 6) is 0.156. The number of rotatable bonds is 2. The molecule has 92 valence electrons. The maximum Gasteiger partial charge on any atom is 0.242 e. The lowest BCUT2D eigenvalue weighted by atomic mass is 10.1. The summed E-state index contributed by atoms with van der Waals surface area (Å²) < 4.78 is 0. The minimum Gasteiger partial charge on any atom is -0.324 e. The van der Waals surface area contributed by atoms with Gasteiger partial charge in [-0.05, 0) is 31.5 Å². The van der Waals surface area contributed by atoms with Crippen molar-refractivity contribution in [3.05, 3.63) is 29.8 Å². The molecular weight excluding hydrogens is 214 g/mol. The Hall–Kier alpha value is -1.55. The Balaban J connectivity index is 2.33. The highest BCUT2D eigenvalue weighted by atomic mass is 16.2. The van der Waals surface area contributed by atoms with E-state index in [1.165, 1.54) is 0 Å². The van der Waals surface area contributed by atoms with Gasteiger partial charge in [-0.1, -0.05) is 12.1 Å². The van der Waals surface area contributed by atoms with Crippen LogP contribution in [0.5, 0.6) is 0 Å². The number of nitrogens with two attached hydrogens (primary N) is 1. The summed E-state index contributed by atoms with van der Waals surface area (Å²) in [6.07, 6.45) is 0.568. The number of anilines is 1. The first kappa shape index (κ1) is 11.9. The summed E-state index contributed by atoms with van der Waals surface area (Å²) in [5.41, 5.74) is 7.99. The summed E-state index contributed by atoms with van der Waals surface area (Å²) in [5, 5.41) is 3.71. The van der Waals surface area contributed by atoms with E-state index in [0.717, 1.165) is 11.3 Å². The molecule has 1 amide bonds. The van der Waals surface area contributed by atoms with Gasteiger partial charge in [0, 0.05) is 13.1 Å². The van der Waals surface area contributed by atoms with Crippen LogP contribution in [-0.2, 0) is 4.79 Å². The molecule has 0 saturated carbocycles. The molecule has 1 fully saturated rings. The van der Waals surface area contributed by atoms with Crippen LogP contribution in [0.2, 0.25) is 0 Å². The van der Waals surface area contributed by atoms with Crippen molar-refractivity contribution >= 4 is 11.6 Å². The fourth-order valence-corrected chi connectivity index (χ4v) is 2.27. The van der Waals surface area contributed by atoms with Crippen molar-refractivity contribution in [1.82, 2.24) is 5.01 Å². The predicted octanol–water partition coefficient (Wildman–Crippen LogP) is 1.68. The van der Waals surface area contributed by atoms with Gasteiger partial charge in [-0.2, -0.15) is 0 Å². The number of benzene rings is 1. The Labute approximate surface area is 102 Å². The van der Waals surface area contributed by atoms with Crippen LogP contribution in [0.15, 0.2) is 24.3 Å². The van der Waals surface area contributed by atoms with Gasteiger partial charge in [0.15, 0.2) is 0 Å². The van der Waals surface area contributed by atoms with Crippen molar-refractivity contribution in [3.8, 4) is 0 Å². The van der Waals surface area contributed by atoms with Gasteiger partial charge in [0.1, 0.15) is 0 Å². The van der Waals surface area contributed by atoms with Gasteiger partial charge >= 0.3 is 0 Å². The maximum atomic E-state index is 11.6. The molecule has 1 aromatic carbocycles. The highest BCUT2D eigenvalue weighted by molar-refractivity contribution is 5.82. The number of hydrogen-bond donors (Lipinski definition) is 1. The Morgan fingerprint density at radius 3 is 2.71 bits per heavy atom. The molecule has 4 heteroatoms. The van der Waals surface area contributed by atoms with Crippen molar-refractivity contribution < 1.29 is 4.79 Å². The average Bonchev–Trinajstić information content (AvgIpc) is 2.53. The second-order valence-electron chi connectivity index (χ2n) is 4.70. The molecule has 0 spiro atoms. The largest absolute Gasteiger partial charge is 0.324 e. The normalized spacial score (nSPS) is 22.1. The van der Waals surface area contributed by atoms with E-state index in [1.807, 2.05) is 37.2 Å². The molecule has 0 bridgehead atoms. The van der Waals surface area contributed by atoms with E-state index >= 15 is 0 Å². The van der Waals surface area contributed by atoms with Crippen LogP contribution in [0.3, 0.4) is 0 Å². The summed E-state index contributed by atoms with van der Waals surface area (Å²) >= 11 is 0. The monoisotopic (exact) mass is 233 g/mol. The highest BCUT2D eigenvalue weighted by Gasteiger charge is 2.32. The van der Waals surface area contributed by atoms with E-state index < -0.39 is 0 Å². The van der Waals surface area contributed by atoms with E-state index in [0.29, 0.717) is 6.42 Å². The molecule has 2 N–H and O–H groups in total. The first-order valence-electron chi connectivity index (χ1n) is 5.92. The second-order valence-corrected chi connectivity index (χ2v) is 4.70. The number of amides is 1. The first-order chi connectivity index (χ1) is 8.00. The molecule has 1 heterocycles. The molecule has 1 aliphatic rings. The summed E-state index contributed by atoms with van der Waals surface area (Å²) in [6.45, 7) is 4.02. The van der Waals surface area contributed by atoms with Gasteiger partial charge < -0.3 is 5.73 Å². The third-order valence-electron chi connectivity index (χ3n) is 3.23. The Bertz CT molecular complexity index is 430. The van der Waals surface area contributed by atoms with Crippen molar-refractivity contribution in [1.29, 1.82) is 0 Å². The zero-order valence-electron chi connectivity index (χ0n) is 10.6. The molecule has 2 unspecified atom stereocenters. The minimum atomic E-state index is 0.00821. The van der Waals surface area contributed by atoms with Crippen molar-refractivity contribution in [2.45, 2.75) is 32.4 Å². The molecule has 17 heavy (non-hydrogen) atoms. The maximum absolute atomic E-state index is 11.6. The summed E-state index contributed by atoms with van der Waals surface area (Å²) in [7, 11) is 1.81. The standard InChI is InChI=1S/C13H19N3O/c1-9-7-13(17)15(3)16(9)12-6-4-5-11(8-12)10(2)14/h4-6,8-10H,7,14H2,1-3H3. The Morgan fingerprint density at radius 1 is 1.47 bits per heavy atom. The van der Waals surface area contributed by atoms with Gasteiger partial charge in [0.25, 0.3) is 0 Å². The predicted molar refractivity (Wildman–Crippen MR) is 68.4 cm³/mol. The van der Waals surface area contributed by atoms with Gasteiger partial charge in [-0.25, -0.2) is 0 Å². The summed E-state index contributed by atoms with van der Waals surface area (Å²) in [4.78, 5) is 11.6. The third kappa shape index (κ3) is 2.13. The van der Waals surface area contributed by atoms with E-state index in [4.69, 9.17) is 5.73 Å². The number of carbonyl (C=O) groups excluding carboxylic acids is 1. The van der Waals surface area contributed by atoms with Crippen LogP contribution in [0.1, 0.15) is 31.9 Å². The number of hydrazine groups is 1. The van der Waals surface area contributed by atoms with Crippen LogP contribution in [0.4, 0.5) is 5.69 Å². The topological polar surface area (TPSA) is 49.6 Å². The Kier molecular flexibility index (Phi) is 3.07. The lowest BCUT2D eigenvalue weighted by molar-refractivity contribution is -0.126. The van der Waals surface area contributed by atoms with E-state index in [-0.39, 0.29) is 18.0 Å². The average molecular weight is 233 g/mol. The number of carbonyl (C=O) groups is 1. The molecule has 0 aromatic heterocycles. The molecule has 2 atom stereocenters. The molecule has 1 aromatic rings. The molecular formula is C13H19N3O. The second kappa shape index (κ2) is 4.37. The smallest absolute Gasteiger partial charge is 0.242 e. The Morgan fingerprint density at radius 2 is 2.18 bits per heavy atom. The molecule has 0 aliphatic carbocycles. The van der Waals surface area contributed by atoms with Gasteiger partial charge in [-0.15, -0.1) is 0 Å². The third-order valence-corrected chi connectivity index (χ3v) is 3.23. The van der Waals surface area contributed by atoms with Crippen LogP contribution < -0.4 is 10.7 Å². The fraction of sp³-hybridized carbons (Fsp3) is 0.462. The first-order valence-corrected chi connectivity index (χ1v) is 5.92. The molecule has 4 nitrogen and oxygen atoms in total. The number of hydrogen-bond acceptors (Lipinski definition) is 3. The lowest BCUT2D eigenvalue weighted by Gasteiger charge is -2.30. The van der Waals surface area contributed by atoms with Crippen LogP contribution in [0.25, 0.3) is 0 Å². The van der Waals surface area contributed by atoms with E-state index in [1.54, 1.807) is 5.01 Å². The molecule has 1 aliphatic heterocycles. The van der Waals surface area contributed by atoms with Gasteiger partial charge in [0.2, 0.25) is 5.91 Å². The van der Waals surface area contributed by atoms with E-state index in [9.17, 15) is 4.79 Å². The quantitative estimate of drug-likeness (QED) is 0.845. The van der Waals surface area contributed by atoms with Crippen molar-refractivity contribution in [2.75, 3.05) is 12.1 Å². The van der Waals surface area contributed by atoms with Crippen LogP contribution in [-0.4, -0.2) is 24.0 Å². The molecule has 2 rings (SSSR count). The highest BCUT2D eigenvalue weighted by Crippen LogP contribution is 2.27. The van der Waals surface area contributed by atoms with Crippen molar-refractivity contribution in [3.63, 3.8) is 0 Å². The van der Waals surface area contributed by atoms with Crippen LogP contribution >= 0.6 is 0 Å². The minimum absolute atomic E-state index is 0.00821. The van der Waals surface area contributed by atoms with Crippen molar-refractivity contribution in [2.24, 2.45) is 5.73 Å². The van der Waals surface area contributed by atoms with E-state index in [2.05, 4.69) is 13.0 Å². The lowest BCUT2D eigenvalue weighted by Crippen LogP contribution is -2.39. The molecule has 0 radical (unpaired) electrons. The fourth-order valence-electron chi connectivity index (χ4n) is 2.27. The molecule has 1 saturated heterocycles. The van der Waals surface area contributed by atoms with Crippen LogP contribution in [0, 0.1) is 0 Å². The van der Waals surface area contributed by atoms with Gasteiger partial charge in [-0.3, -0.25) is 14.8 Å². The SMILES string of the molecule is CC(N)c1cccc(N2C(C)CC(=O)N2C)c1. The summed E-state index contributed by atoms with van der Waals surface area (Å²) in [6, 6.07) is 8.27. The zero-order valence-corrected chi connectivity index (χ0v) is 10.6. The van der Waals surface area contributed by atoms with Gasteiger partial charge in [0.05, 0.1) is 18.2 Å². The zero-order chi connectivity index (χ0) is 12.6.